The highest BCUT2D eigenvalue weighted by atomic mass is 16.3. The summed E-state index contributed by atoms with van der Waals surface area (Å²) in [4.78, 5) is 0. The molecule has 0 amide bonds. The van der Waals surface area contributed by atoms with E-state index in [4.69, 9.17) is 0 Å². The van der Waals surface area contributed by atoms with Crippen LogP contribution in [-0.4, -0.2) is 10.2 Å². The van der Waals surface area contributed by atoms with Crippen molar-refractivity contribution in [1.29, 1.82) is 0 Å². The number of rotatable bonds is 4. The average Bonchev–Trinajstić information content (AvgIpc) is 2.39. The first-order valence-corrected chi connectivity index (χ1v) is 6.48. The van der Waals surface area contributed by atoms with Crippen LogP contribution in [0.1, 0.15) is 31.0 Å². The van der Waals surface area contributed by atoms with Crippen LogP contribution in [0, 0.1) is 0 Å². The second-order valence-electron chi connectivity index (χ2n) is 4.62. The quantitative estimate of drug-likeness (QED) is 0.780. The molecular formula is C16H19NO2. The van der Waals surface area contributed by atoms with Crippen molar-refractivity contribution >= 4 is 5.69 Å². The van der Waals surface area contributed by atoms with Gasteiger partial charge in [-0.1, -0.05) is 25.1 Å². The fourth-order valence-corrected chi connectivity index (χ4v) is 2.18. The average molecular weight is 257 g/mol. The number of para-hydroxylation sites is 1. The Kier molecular flexibility index (Phi) is 3.95. The molecule has 0 bridgehead atoms. The molecule has 3 heteroatoms. The first-order valence-electron chi connectivity index (χ1n) is 6.48. The predicted octanol–water partition coefficient (Wildman–Crippen LogP) is 3.83. The van der Waals surface area contributed by atoms with Crippen molar-refractivity contribution in [2.24, 2.45) is 0 Å². The normalized spacial score (nSPS) is 12.1. The Bertz CT molecular complexity index is 566. The fourth-order valence-electron chi connectivity index (χ4n) is 2.18. The van der Waals surface area contributed by atoms with Crippen molar-refractivity contribution in [2.75, 3.05) is 5.32 Å². The van der Waals surface area contributed by atoms with E-state index in [2.05, 4.69) is 18.3 Å². The Labute approximate surface area is 113 Å². The number of phenols is 2. The van der Waals surface area contributed by atoms with Gasteiger partial charge in [-0.2, -0.15) is 0 Å². The van der Waals surface area contributed by atoms with Gasteiger partial charge in [-0.3, -0.25) is 0 Å². The predicted molar refractivity (Wildman–Crippen MR) is 77.6 cm³/mol. The number of phenolic OH excluding ortho intramolecular Hbond substituents is 2. The maximum absolute atomic E-state index is 9.87. The molecular weight excluding hydrogens is 238 g/mol. The molecule has 2 rings (SSSR count). The van der Waals surface area contributed by atoms with E-state index in [1.165, 1.54) is 11.6 Å². The SMILES string of the molecule is CCc1ccccc1NC(C)c1ccc(O)cc1O. The van der Waals surface area contributed by atoms with Gasteiger partial charge in [0.15, 0.2) is 0 Å². The molecule has 0 aliphatic heterocycles. The lowest BCUT2D eigenvalue weighted by Gasteiger charge is -2.19. The highest BCUT2D eigenvalue weighted by molar-refractivity contribution is 5.54. The minimum absolute atomic E-state index is 0.0340. The zero-order chi connectivity index (χ0) is 13.8. The first-order chi connectivity index (χ1) is 9.11. The molecule has 0 aliphatic carbocycles. The van der Waals surface area contributed by atoms with Crippen molar-refractivity contribution in [2.45, 2.75) is 26.3 Å². The molecule has 0 aliphatic rings. The molecule has 19 heavy (non-hydrogen) atoms. The highest BCUT2D eigenvalue weighted by Gasteiger charge is 2.12. The van der Waals surface area contributed by atoms with Crippen LogP contribution >= 0.6 is 0 Å². The van der Waals surface area contributed by atoms with Gasteiger partial charge in [0.05, 0.1) is 6.04 Å². The smallest absolute Gasteiger partial charge is 0.124 e. The molecule has 0 spiro atoms. The van der Waals surface area contributed by atoms with Crippen LogP contribution in [0.25, 0.3) is 0 Å². The Morgan fingerprint density at radius 2 is 1.84 bits per heavy atom. The molecule has 2 aromatic carbocycles. The molecule has 0 radical (unpaired) electrons. The van der Waals surface area contributed by atoms with Gasteiger partial charge in [0.2, 0.25) is 0 Å². The minimum atomic E-state index is -0.0340. The number of benzene rings is 2. The molecule has 0 saturated heterocycles. The summed E-state index contributed by atoms with van der Waals surface area (Å²) in [6.45, 7) is 4.10. The van der Waals surface area contributed by atoms with E-state index in [0.29, 0.717) is 0 Å². The number of nitrogens with one attached hydrogen (secondary N) is 1. The molecule has 0 saturated carbocycles. The number of hydrogen-bond acceptors (Lipinski definition) is 3. The van der Waals surface area contributed by atoms with E-state index < -0.39 is 0 Å². The molecule has 0 fully saturated rings. The van der Waals surface area contributed by atoms with Crippen LogP contribution in [0.3, 0.4) is 0 Å². The summed E-state index contributed by atoms with van der Waals surface area (Å²) in [6.07, 6.45) is 0.956. The highest BCUT2D eigenvalue weighted by Crippen LogP contribution is 2.30. The molecule has 1 unspecified atom stereocenters. The summed E-state index contributed by atoms with van der Waals surface area (Å²) in [5, 5.41) is 22.6. The zero-order valence-corrected chi connectivity index (χ0v) is 11.2. The molecule has 3 N–H and O–H groups in total. The summed E-state index contributed by atoms with van der Waals surface area (Å²) in [7, 11) is 0. The van der Waals surface area contributed by atoms with E-state index in [9.17, 15) is 10.2 Å². The van der Waals surface area contributed by atoms with Gasteiger partial charge < -0.3 is 15.5 Å². The largest absolute Gasteiger partial charge is 0.508 e. The minimum Gasteiger partial charge on any atom is -0.508 e. The van der Waals surface area contributed by atoms with Gasteiger partial charge in [-0.15, -0.1) is 0 Å². The number of anilines is 1. The lowest BCUT2D eigenvalue weighted by molar-refractivity contribution is 0.444. The van der Waals surface area contributed by atoms with Crippen LogP contribution in [-0.2, 0) is 6.42 Å². The van der Waals surface area contributed by atoms with Crippen molar-refractivity contribution in [1.82, 2.24) is 0 Å². The number of aryl methyl sites for hydroxylation is 1. The molecule has 2 aromatic rings. The topological polar surface area (TPSA) is 52.5 Å². The monoisotopic (exact) mass is 257 g/mol. The van der Waals surface area contributed by atoms with Crippen LogP contribution in [0.2, 0.25) is 0 Å². The summed E-state index contributed by atoms with van der Waals surface area (Å²) in [5.41, 5.74) is 3.08. The molecule has 100 valence electrons. The van der Waals surface area contributed by atoms with Gasteiger partial charge in [-0.05, 0) is 37.1 Å². The first kappa shape index (κ1) is 13.3. The Balaban J connectivity index is 2.23. The van der Waals surface area contributed by atoms with Gasteiger partial charge in [0.1, 0.15) is 11.5 Å². The fraction of sp³-hybridized carbons (Fsp3) is 0.250. The second-order valence-corrected chi connectivity index (χ2v) is 4.62. The van der Waals surface area contributed by atoms with E-state index in [-0.39, 0.29) is 17.5 Å². The maximum Gasteiger partial charge on any atom is 0.124 e. The van der Waals surface area contributed by atoms with E-state index in [1.807, 2.05) is 25.1 Å². The van der Waals surface area contributed by atoms with E-state index in [0.717, 1.165) is 17.7 Å². The lowest BCUT2D eigenvalue weighted by Crippen LogP contribution is -2.08. The number of aromatic hydroxyl groups is 2. The molecule has 1 atom stereocenters. The number of hydrogen-bond donors (Lipinski definition) is 3. The summed E-state index contributed by atoms with van der Waals surface area (Å²) in [5.74, 6) is 0.177. The van der Waals surface area contributed by atoms with Gasteiger partial charge in [0, 0.05) is 17.3 Å². The molecule has 0 aromatic heterocycles. The van der Waals surface area contributed by atoms with Crippen LogP contribution in [0.15, 0.2) is 42.5 Å². The van der Waals surface area contributed by atoms with Crippen LogP contribution in [0.4, 0.5) is 5.69 Å². The summed E-state index contributed by atoms with van der Waals surface area (Å²) in [6, 6.07) is 12.8. The zero-order valence-electron chi connectivity index (χ0n) is 11.2. The Morgan fingerprint density at radius 1 is 1.11 bits per heavy atom. The van der Waals surface area contributed by atoms with Crippen molar-refractivity contribution < 1.29 is 10.2 Å². The summed E-state index contributed by atoms with van der Waals surface area (Å²) < 4.78 is 0. The maximum atomic E-state index is 9.87. The van der Waals surface area contributed by atoms with Crippen molar-refractivity contribution in [3.05, 3.63) is 53.6 Å². The lowest BCUT2D eigenvalue weighted by atomic mass is 10.0. The van der Waals surface area contributed by atoms with Gasteiger partial charge in [-0.25, -0.2) is 0 Å². The second kappa shape index (κ2) is 5.65. The van der Waals surface area contributed by atoms with E-state index in [1.54, 1.807) is 12.1 Å². The van der Waals surface area contributed by atoms with E-state index >= 15 is 0 Å². The third-order valence-electron chi connectivity index (χ3n) is 3.25. The van der Waals surface area contributed by atoms with Crippen LogP contribution in [0.5, 0.6) is 11.5 Å². The summed E-state index contributed by atoms with van der Waals surface area (Å²) >= 11 is 0. The van der Waals surface area contributed by atoms with Gasteiger partial charge in [0.25, 0.3) is 0 Å². The standard InChI is InChI=1S/C16H19NO2/c1-3-12-6-4-5-7-15(12)17-11(2)14-9-8-13(18)10-16(14)19/h4-11,17-19H,3H2,1-2H3. The van der Waals surface area contributed by atoms with Crippen LogP contribution < -0.4 is 5.32 Å². The molecule has 0 heterocycles. The third-order valence-corrected chi connectivity index (χ3v) is 3.25. The Hall–Kier alpha value is -2.16. The van der Waals surface area contributed by atoms with Crippen molar-refractivity contribution in [3.8, 4) is 11.5 Å². The third kappa shape index (κ3) is 2.99. The van der Waals surface area contributed by atoms with Gasteiger partial charge >= 0.3 is 0 Å². The van der Waals surface area contributed by atoms with Crippen molar-refractivity contribution in [3.63, 3.8) is 0 Å². The Morgan fingerprint density at radius 3 is 2.53 bits per heavy atom. The molecule has 3 nitrogen and oxygen atoms in total.